The second-order valence-corrected chi connectivity index (χ2v) is 14.2. The molecular formula is C49H36N2. The van der Waals surface area contributed by atoms with Crippen molar-refractivity contribution in [3.63, 3.8) is 0 Å². The molecule has 0 unspecified atom stereocenters. The van der Waals surface area contributed by atoms with Gasteiger partial charge in [-0.1, -0.05) is 147 Å². The zero-order valence-electron chi connectivity index (χ0n) is 28.7. The first-order valence-corrected chi connectivity index (χ1v) is 17.8. The lowest BCUT2D eigenvalue weighted by Gasteiger charge is -2.30. The summed E-state index contributed by atoms with van der Waals surface area (Å²) < 4.78 is 2.41. The van der Waals surface area contributed by atoms with Crippen LogP contribution in [0.25, 0.3) is 60.5 Å². The summed E-state index contributed by atoms with van der Waals surface area (Å²) >= 11 is 0. The fourth-order valence-electron chi connectivity index (χ4n) is 8.55. The fourth-order valence-corrected chi connectivity index (χ4v) is 8.55. The van der Waals surface area contributed by atoms with Crippen molar-refractivity contribution in [3.05, 3.63) is 193 Å². The number of rotatable bonds is 5. The molecule has 1 aliphatic rings. The molecule has 242 valence electrons. The van der Waals surface area contributed by atoms with Crippen molar-refractivity contribution in [1.82, 2.24) is 4.57 Å². The number of anilines is 3. The molecule has 0 fully saturated rings. The predicted octanol–water partition coefficient (Wildman–Crippen LogP) is 13.4. The van der Waals surface area contributed by atoms with Gasteiger partial charge in [0.25, 0.3) is 0 Å². The van der Waals surface area contributed by atoms with Crippen LogP contribution in [-0.2, 0) is 5.41 Å². The van der Waals surface area contributed by atoms with E-state index >= 15 is 0 Å². The molecule has 0 N–H and O–H groups in total. The molecule has 0 spiro atoms. The van der Waals surface area contributed by atoms with Crippen molar-refractivity contribution >= 4 is 49.6 Å². The van der Waals surface area contributed by atoms with Gasteiger partial charge in [-0.15, -0.1) is 0 Å². The first kappa shape index (κ1) is 29.5. The average Bonchev–Trinajstić information content (AvgIpc) is 3.64. The van der Waals surface area contributed by atoms with Gasteiger partial charge in [-0.2, -0.15) is 0 Å². The molecule has 9 aromatic rings. The Balaban J connectivity index is 1.24. The highest BCUT2D eigenvalue weighted by Crippen LogP contribution is 2.53. The maximum atomic E-state index is 2.46. The van der Waals surface area contributed by atoms with Gasteiger partial charge in [-0.05, 0) is 87.1 Å². The molecule has 1 aromatic heterocycles. The van der Waals surface area contributed by atoms with Crippen molar-refractivity contribution in [2.75, 3.05) is 4.90 Å². The number of nitrogens with zero attached hydrogens (tertiary/aromatic N) is 2. The Morgan fingerprint density at radius 2 is 1.10 bits per heavy atom. The zero-order valence-corrected chi connectivity index (χ0v) is 28.7. The highest BCUT2D eigenvalue weighted by molar-refractivity contribution is 6.11. The molecule has 0 radical (unpaired) electrons. The van der Waals surface area contributed by atoms with Crippen molar-refractivity contribution < 1.29 is 0 Å². The minimum atomic E-state index is -0.154. The van der Waals surface area contributed by atoms with Crippen molar-refractivity contribution in [3.8, 4) is 27.9 Å². The Morgan fingerprint density at radius 3 is 1.94 bits per heavy atom. The van der Waals surface area contributed by atoms with E-state index in [9.17, 15) is 0 Å². The Labute approximate surface area is 298 Å². The third-order valence-electron chi connectivity index (χ3n) is 11.0. The smallest absolute Gasteiger partial charge is 0.0561 e. The minimum absolute atomic E-state index is 0.154. The van der Waals surface area contributed by atoms with Crippen LogP contribution in [-0.4, -0.2) is 4.57 Å². The van der Waals surface area contributed by atoms with Crippen molar-refractivity contribution in [1.29, 1.82) is 0 Å². The Hall–Kier alpha value is -6.38. The zero-order chi connectivity index (χ0) is 34.1. The van der Waals surface area contributed by atoms with Crippen LogP contribution in [0.4, 0.5) is 17.1 Å². The van der Waals surface area contributed by atoms with E-state index in [1.54, 1.807) is 0 Å². The summed E-state index contributed by atoms with van der Waals surface area (Å²) in [4.78, 5) is 2.46. The lowest BCUT2D eigenvalue weighted by Crippen LogP contribution is -2.17. The largest absolute Gasteiger partial charge is 0.310 e. The SMILES string of the molecule is CC1(C)c2cc(N(c3ccc4c5ccccc5n(-c5ccccc5)c4c3)c3ccccc3-c3ccccc3)ccc2-c2c1ccc1ccccc21. The average molecular weight is 653 g/mol. The molecule has 51 heavy (non-hydrogen) atoms. The van der Waals surface area contributed by atoms with E-state index in [1.807, 2.05) is 0 Å². The number of hydrogen-bond donors (Lipinski definition) is 0. The summed E-state index contributed by atoms with van der Waals surface area (Å²) in [5, 5.41) is 5.10. The third-order valence-corrected chi connectivity index (χ3v) is 11.0. The highest BCUT2D eigenvalue weighted by atomic mass is 15.1. The Kier molecular flexibility index (Phi) is 6.56. The molecule has 2 heteroatoms. The van der Waals surface area contributed by atoms with Gasteiger partial charge in [0.15, 0.2) is 0 Å². The Morgan fingerprint density at radius 1 is 0.451 bits per heavy atom. The molecule has 0 atom stereocenters. The Bertz CT molecular complexity index is 2770. The van der Waals surface area contributed by atoms with Crippen LogP contribution in [0.1, 0.15) is 25.0 Å². The van der Waals surface area contributed by atoms with Crippen molar-refractivity contribution in [2.24, 2.45) is 0 Å². The van der Waals surface area contributed by atoms with E-state index in [0.29, 0.717) is 0 Å². The lowest BCUT2D eigenvalue weighted by atomic mass is 9.82. The minimum Gasteiger partial charge on any atom is -0.310 e. The number of benzene rings is 8. The summed E-state index contributed by atoms with van der Waals surface area (Å²) in [5.74, 6) is 0. The first-order chi connectivity index (χ1) is 25.1. The number of hydrogen-bond acceptors (Lipinski definition) is 1. The molecule has 2 nitrogen and oxygen atoms in total. The predicted molar refractivity (Wildman–Crippen MR) is 216 cm³/mol. The van der Waals surface area contributed by atoms with E-state index in [2.05, 4.69) is 205 Å². The topological polar surface area (TPSA) is 8.17 Å². The number of para-hydroxylation sites is 3. The van der Waals surface area contributed by atoms with Crippen LogP contribution >= 0.6 is 0 Å². The van der Waals surface area contributed by atoms with Crippen LogP contribution in [0.15, 0.2) is 182 Å². The monoisotopic (exact) mass is 652 g/mol. The van der Waals surface area contributed by atoms with Crippen LogP contribution < -0.4 is 4.90 Å². The third kappa shape index (κ3) is 4.50. The van der Waals surface area contributed by atoms with Gasteiger partial charge in [-0.25, -0.2) is 0 Å². The van der Waals surface area contributed by atoms with Gasteiger partial charge < -0.3 is 9.47 Å². The van der Waals surface area contributed by atoms with Crippen LogP contribution in [0.3, 0.4) is 0 Å². The summed E-state index contributed by atoms with van der Waals surface area (Å²) in [6.45, 7) is 4.76. The molecule has 0 bridgehead atoms. The van der Waals surface area contributed by atoms with Gasteiger partial charge in [0.2, 0.25) is 0 Å². The first-order valence-electron chi connectivity index (χ1n) is 17.8. The fraction of sp³-hybridized carbons (Fsp3) is 0.0612. The van der Waals surface area contributed by atoms with E-state index < -0.39 is 0 Å². The number of fused-ring (bicyclic) bond motifs is 8. The van der Waals surface area contributed by atoms with Crippen LogP contribution in [0.5, 0.6) is 0 Å². The van der Waals surface area contributed by atoms with E-state index in [-0.39, 0.29) is 5.41 Å². The molecule has 1 aliphatic carbocycles. The maximum absolute atomic E-state index is 2.46. The van der Waals surface area contributed by atoms with Gasteiger partial charge in [0, 0.05) is 38.8 Å². The van der Waals surface area contributed by atoms with Gasteiger partial charge >= 0.3 is 0 Å². The molecule has 0 amide bonds. The second kappa shape index (κ2) is 11.3. The highest BCUT2D eigenvalue weighted by Gasteiger charge is 2.37. The normalized spacial score (nSPS) is 13.1. The van der Waals surface area contributed by atoms with Gasteiger partial charge in [0.1, 0.15) is 0 Å². The second-order valence-electron chi connectivity index (χ2n) is 14.2. The van der Waals surface area contributed by atoms with Crippen LogP contribution in [0, 0.1) is 0 Å². The molecule has 0 saturated heterocycles. The molecule has 10 rings (SSSR count). The quantitative estimate of drug-likeness (QED) is 0.180. The molecular weight excluding hydrogens is 617 g/mol. The summed E-state index contributed by atoms with van der Waals surface area (Å²) in [6.07, 6.45) is 0. The molecule has 0 saturated carbocycles. The maximum Gasteiger partial charge on any atom is 0.0561 e. The van der Waals surface area contributed by atoms with Crippen LogP contribution in [0.2, 0.25) is 0 Å². The summed E-state index contributed by atoms with van der Waals surface area (Å²) in [5.41, 5.74) is 14.6. The summed E-state index contributed by atoms with van der Waals surface area (Å²) in [6, 6.07) is 66.6. The van der Waals surface area contributed by atoms with E-state index in [4.69, 9.17) is 0 Å². The van der Waals surface area contributed by atoms with Gasteiger partial charge in [0.05, 0.1) is 16.7 Å². The van der Waals surface area contributed by atoms with Gasteiger partial charge in [-0.3, -0.25) is 0 Å². The number of aromatic nitrogens is 1. The lowest BCUT2D eigenvalue weighted by molar-refractivity contribution is 0.661. The summed E-state index contributed by atoms with van der Waals surface area (Å²) in [7, 11) is 0. The molecule has 1 heterocycles. The van der Waals surface area contributed by atoms with E-state index in [1.165, 1.54) is 66.0 Å². The molecule has 8 aromatic carbocycles. The molecule has 0 aliphatic heterocycles. The van der Waals surface area contributed by atoms with E-state index in [0.717, 1.165) is 22.7 Å². The standard InChI is InChI=1S/C49H36N2/c1-49(2)43-30-25-34-17-9-10-21-39(34)48(43)42-29-27-36(31-44(42)49)50(45-23-13-11-20-38(45)33-15-5-3-6-16-33)37-26-28-41-40-22-12-14-24-46(40)51(47(41)32-37)35-18-7-4-8-19-35/h3-32H,1-2H3. The van der Waals surface area contributed by atoms with Crippen molar-refractivity contribution in [2.45, 2.75) is 19.3 Å².